The Morgan fingerprint density at radius 2 is 1.66 bits per heavy atom. The van der Waals surface area contributed by atoms with E-state index in [0.717, 1.165) is 12.1 Å². The first-order chi connectivity index (χ1) is 15.2. The molecule has 1 aliphatic heterocycles. The molecule has 11 nitrogen and oxygen atoms in total. The standard InChI is InChI=1S/C21H20O11/c22-7-14-16(26)17(27)19(29)21(32-14)30-9-2-3-10-13(6-9)31-20(18(28)15(10)25)8-1-4-11(23)12(24)5-8/h1-6,14,16-17,19,21-24,26-29H,7H2. The van der Waals surface area contributed by atoms with Crippen molar-refractivity contribution in [3.8, 4) is 34.3 Å². The summed E-state index contributed by atoms with van der Waals surface area (Å²) < 4.78 is 16.5. The lowest BCUT2D eigenvalue weighted by atomic mass is 9.99. The van der Waals surface area contributed by atoms with Crippen LogP contribution in [-0.4, -0.2) is 73.1 Å². The lowest BCUT2D eigenvalue weighted by Gasteiger charge is -2.39. The molecule has 0 spiro atoms. The zero-order valence-corrected chi connectivity index (χ0v) is 16.3. The molecule has 0 amide bonds. The Morgan fingerprint density at radius 1 is 0.906 bits per heavy atom. The number of hydrogen-bond acceptors (Lipinski definition) is 11. The summed E-state index contributed by atoms with van der Waals surface area (Å²) in [6.07, 6.45) is -7.42. The topological polar surface area (TPSA) is 190 Å². The van der Waals surface area contributed by atoms with E-state index in [9.17, 15) is 40.5 Å². The largest absolute Gasteiger partial charge is 0.504 e. The van der Waals surface area contributed by atoms with Crippen LogP contribution in [0.3, 0.4) is 0 Å². The van der Waals surface area contributed by atoms with E-state index in [4.69, 9.17) is 13.9 Å². The molecule has 1 fully saturated rings. The van der Waals surface area contributed by atoms with Crippen molar-refractivity contribution in [2.24, 2.45) is 0 Å². The highest BCUT2D eigenvalue weighted by Crippen LogP contribution is 2.36. The fraction of sp³-hybridized carbons (Fsp3) is 0.286. The molecule has 3 aromatic rings. The van der Waals surface area contributed by atoms with E-state index in [-0.39, 0.29) is 28.0 Å². The van der Waals surface area contributed by atoms with E-state index in [1.807, 2.05) is 0 Å². The van der Waals surface area contributed by atoms with Crippen molar-refractivity contribution in [3.05, 3.63) is 46.6 Å². The van der Waals surface area contributed by atoms with Gasteiger partial charge < -0.3 is 49.6 Å². The van der Waals surface area contributed by atoms with E-state index in [0.29, 0.717) is 0 Å². The fourth-order valence-electron chi connectivity index (χ4n) is 3.40. The number of aromatic hydroxyl groups is 3. The molecule has 170 valence electrons. The second-order valence-corrected chi connectivity index (χ2v) is 7.29. The monoisotopic (exact) mass is 448 g/mol. The average molecular weight is 448 g/mol. The minimum Gasteiger partial charge on any atom is -0.504 e. The molecule has 2 aromatic carbocycles. The summed E-state index contributed by atoms with van der Waals surface area (Å²) in [4.78, 5) is 12.6. The van der Waals surface area contributed by atoms with Gasteiger partial charge in [0.2, 0.25) is 17.5 Å². The van der Waals surface area contributed by atoms with Crippen molar-refractivity contribution >= 4 is 11.0 Å². The van der Waals surface area contributed by atoms with Gasteiger partial charge >= 0.3 is 0 Å². The van der Waals surface area contributed by atoms with Crippen LogP contribution in [0.4, 0.5) is 0 Å². The van der Waals surface area contributed by atoms with Crippen LogP contribution in [0.1, 0.15) is 0 Å². The van der Waals surface area contributed by atoms with Gasteiger partial charge in [-0.3, -0.25) is 4.79 Å². The molecule has 7 N–H and O–H groups in total. The van der Waals surface area contributed by atoms with E-state index in [1.54, 1.807) is 0 Å². The molecule has 11 heteroatoms. The van der Waals surface area contributed by atoms with Gasteiger partial charge in [-0.15, -0.1) is 0 Å². The summed E-state index contributed by atoms with van der Waals surface area (Å²) >= 11 is 0. The molecule has 5 atom stereocenters. The lowest BCUT2D eigenvalue weighted by Crippen LogP contribution is -2.60. The molecule has 2 heterocycles. The van der Waals surface area contributed by atoms with Gasteiger partial charge in [0.1, 0.15) is 35.7 Å². The number of benzene rings is 2. The molecular weight excluding hydrogens is 428 g/mol. The number of phenolic OH excluding ortho intramolecular Hbond substituents is 2. The maximum Gasteiger partial charge on any atom is 0.235 e. The molecule has 0 radical (unpaired) electrons. The number of aliphatic hydroxyl groups is 4. The Balaban J connectivity index is 1.71. The number of rotatable bonds is 4. The molecule has 5 unspecified atom stereocenters. The van der Waals surface area contributed by atoms with Crippen LogP contribution in [0.2, 0.25) is 0 Å². The maximum atomic E-state index is 12.6. The van der Waals surface area contributed by atoms with Crippen LogP contribution in [-0.2, 0) is 4.74 Å². The molecule has 0 aliphatic carbocycles. The van der Waals surface area contributed by atoms with Crippen molar-refractivity contribution in [3.63, 3.8) is 0 Å². The van der Waals surface area contributed by atoms with Crippen molar-refractivity contribution in [1.29, 1.82) is 0 Å². The van der Waals surface area contributed by atoms with Crippen molar-refractivity contribution in [1.82, 2.24) is 0 Å². The smallest absolute Gasteiger partial charge is 0.235 e. The molecular formula is C21H20O11. The highest BCUT2D eigenvalue weighted by molar-refractivity contribution is 5.83. The zero-order valence-electron chi connectivity index (χ0n) is 16.3. The summed E-state index contributed by atoms with van der Waals surface area (Å²) in [6, 6.07) is 7.51. The van der Waals surface area contributed by atoms with E-state index >= 15 is 0 Å². The zero-order chi connectivity index (χ0) is 23.2. The van der Waals surface area contributed by atoms with Gasteiger partial charge in [0.25, 0.3) is 0 Å². The summed E-state index contributed by atoms with van der Waals surface area (Å²) in [5.74, 6) is -1.79. The summed E-state index contributed by atoms with van der Waals surface area (Å²) in [5, 5.41) is 68.6. The van der Waals surface area contributed by atoms with Crippen molar-refractivity contribution in [2.45, 2.75) is 30.7 Å². The molecule has 4 rings (SSSR count). The van der Waals surface area contributed by atoms with Crippen LogP contribution in [0.5, 0.6) is 23.0 Å². The maximum absolute atomic E-state index is 12.6. The Labute approximate surface area is 179 Å². The molecule has 0 saturated carbocycles. The van der Waals surface area contributed by atoms with Gasteiger partial charge in [0, 0.05) is 11.6 Å². The minimum atomic E-state index is -1.63. The summed E-state index contributed by atoms with van der Waals surface area (Å²) in [6.45, 7) is -0.625. The minimum absolute atomic E-state index is 0.00963. The van der Waals surface area contributed by atoms with Gasteiger partial charge in [-0.1, -0.05) is 0 Å². The normalized spacial score (nSPS) is 25.7. The van der Waals surface area contributed by atoms with E-state index < -0.39 is 60.0 Å². The van der Waals surface area contributed by atoms with Gasteiger partial charge in [0.05, 0.1) is 12.0 Å². The fourth-order valence-corrected chi connectivity index (χ4v) is 3.40. The highest BCUT2D eigenvalue weighted by Gasteiger charge is 2.44. The molecule has 32 heavy (non-hydrogen) atoms. The summed E-state index contributed by atoms with van der Waals surface area (Å²) in [5.41, 5.74) is -0.650. The molecule has 1 saturated heterocycles. The van der Waals surface area contributed by atoms with Gasteiger partial charge in [-0.25, -0.2) is 0 Å². The first-order valence-corrected chi connectivity index (χ1v) is 9.50. The Hall–Kier alpha value is -3.35. The predicted octanol–water partition coefficient (Wildman–Crippen LogP) is -0.245. The first-order valence-electron chi connectivity index (χ1n) is 9.50. The Morgan fingerprint density at radius 3 is 2.34 bits per heavy atom. The van der Waals surface area contributed by atoms with E-state index in [2.05, 4.69) is 0 Å². The predicted molar refractivity (Wildman–Crippen MR) is 107 cm³/mol. The molecule has 1 aliphatic rings. The summed E-state index contributed by atoms with van der Waals surface area (Å²) in [7, 11) is 0. The third kappa shape index (κ3) is 3.72. The molecule has 0 bridgehead atoms. The number of fused-ring (bicyclic) bond motifs is 1. The lowest BCUT2D eigenvalue weighted by molar-refractivity contribution is -0.277. The van der Waals surface area contributed by atoms with E-state index in [1.165, 1.54) is 24.3 Å². The van der Waals surface area contributed by atoms with Crippen molar-refractivity contribution in [2.75, 3.05) is 6.61 Å². The SMILES string of the molecule is O=c1c(O)c(-c2ccc(O)c(O)c2)oc2cc(OC3OC(CO)C(O)C(O)C3O)ccc12. The number of ether oxygens (including phenoxy) is 2. The van der Waals surface area contributed by atoms with Crippen molar-refractivity contribution < 1.29 is 49.6 Å². The second-order valence-electron chi connectivity index (χ2n) is 7.29. The van der Waals surface area contributed by atoms with Crippen LogP contribution in [0.25, 0.3) is 22.3 Å². The Bertz CT molecular complexity index is 1200. The van der Waals surface area contributed by atoms with Gasteiger partial charge in [-0.2, -0.15) is 0 Å². The van der Waals surface area contributed by atoms with Gasteiger partial charge in [-0.05, 0) is 30.3 Å². The van der Waals surface area contributed by atoms with Gasteiger partial charge in [0.15, 0.2) is 17.3 Å². The first kappa shape index (κ1) is 21.9. The average Bonchev–Trinajstić information content (AvgIpc) is 2.78. The highest BCUT2D eigenvalue weighted by atomic mass is 16.7. The molecule has 1 aromatic heterocycles. The van der Waals surface area contributed by atoms with Crippen LogP contribution >= 0.6 is 0 Å². The third-order valence-corrected chi connectivity index (χ3v) is 5.18. The third-order valence-electron chi connectivity index (χ3n) is 5.18. The quantitative estimate of drug-likeness (QED) is 0.261. The number of aliphatic hydroxyl groups excluding tert-OH is 4. The number of hydrogen-bond donors (Lipinski definition) is 7. The Kier molecular flexibility index (Phi) is 5.67. The van der Waals surface area contributed by atoms with Crippen LogP contribution < -0.4 is 10.2 Å². The number of phenols is 2. The van der Waals surface area contributed by atoms with Crippen LogP contribution in [0.15, 0.2) is 45.6 Å². The second kappa shape index (κ2) is 8.30. The van der Waals surface area contributed by atoms with Crippen LogP contribution in [0, 0.1) is 0 Å².